The number of thioether (sulfide) groups is 1. The van der Waals surface area contributed by atoms with Gasteiger partial charge in [-0.05, 0) is 57.3 Å². The molecule has 1 aliphatic heterocycles. The van der Waals surface area contributed by atoms with Gasteiger partial charge >= 0.3 is 0 Å². The van der Waals surface area contributed by atoms with Gasteiger partial charge < -0.3 is 5.32 Å². The summed E-state index contributed by atoms with van der Waals surface area (Å²) in [5.41, 5.74) is 0. The first-order chi connectivity index (χ1) is 7.38. The largest absolute Gasteiger partial charge is 0.315 e. The van der Waals surface area contributed by atoms with E-state index in [9.17, 15) is 0 Å². The number of nitrogens with one attached hydrogen (secondary N) is 1. The van der Waals surface area contributed by atoms with Gasteiger partial charge in [-0.15, -0.1) is 0 Å². The lowest BCUT2D eigenvalue weighted by molar-refractivity contribution is 0.172. The summed E-state index contributed by atoms with van der Waals surface area (Å²) in [5.74, 6) is 1.32. The molecule has 2 nitrogen and oxygen atoms in total. The molecule has 0 aromatic carbocycles. The number of piperidine rings is 1. The molecule has 1 aliphatic rings. The van der Waals surface area contributed by atoms with Crippen LogP contribution in [0.5, 0.6) is 0 Å². The maximum atomic E-state index is 3.51. The molecule has 0 bridgehead atoms. The molecule has 1 heterocycles. The summed E-state index contributed by atoms with van der Waals surface area (Å²) in [6, 6.07) is 0.804. The zero-order valence-electron chi connectivity index (χ0n) is 10.3. The minimum atomic E-state index is 0.804. The van der Waals surface area contributed by atoms with E-state index in [4.69, 9.17) is 0 Å². The van der Waals surface area contributed by atoms with E-state index in [-0.39, 0.29) is 0 Å². The number of hydrogen-bond donors (Lipinski definition) is 1. The number of unbranched alkanes of at least 4 members (excludes halogenated alkanes) is 1. The third-order valence-electron chi connectivity index (χ3n) is 3.24. The van der Waals surface area contributed by atoms with Gasteiger partial charge in [0.15, 0.2) is 0 Å². The van der Waals surface area contributed by atoms with E-state index >= 15 is 0 Å². The highest BCUT2D eigenvalue weighted by molar-refractivity contribution is 7.98. The first kappa shape index (κ1) is 13.3. The van der Waals surface area contributed by atoms with E-state index in [0.29, 0.717) is 0 Å². The molecule has 0 aromatic rings. The molecule has 3 heteroatoms. The summed E-state index contributed by atoms with van der Waals surface area (Å²) in [6.07, 6.45) is 7.68. The van der Waals surface area contributed by atoms with Crippen molar-refractivity contribution in [3.63, 3.8) is 0 Å². The molecule has 90 valence electrons. The topological polar surface area (TPSA) is 15.3 Å². The molecule has 0 amide bonds. The van der Waals surface area contributed by atoms with Crippen molar-refractivity contribution in [1.82, 2.24) is 10.2 Å². The average molecular weight is 230 g/mol. The van der Waals surface area contributed by atoms with Gasteiger partial charge in [0, 0.05) is 12.6 Å². The standard InChI is InChI=1S/C12H26N2S/c1-3-14(9-4-5-10-15-2)12-7-6-8-13-11-12/h12-13H,3-11H2,1-2H3. The van der Waals surface area contributed by atoms with Crippen molar-refractivity contribution in [2.45, 2.75) is 38.6 Å². The summed E-state index contributed by atoms with van der Waals surface area (Å²) < 4.78 is 0. The predicted molar refractivity (Wildman–Crippen MR) is 70.8 cm³/mol. The highest BCUT2D eigenvalue weighted by Crippen LogP contribution is 2.11. The third kappa shape index (κ3) is 5.23. The number of hydrogen-bond acceptors (Lipinski definition) is 3. The predicted octanol–water partition coefficient (Wildman–Crippen LogP) is 2.20. The summed E-state index contributed by atoms with van der Waals surface area (Å²) in [5, 5.41) is 3.51. The smallest absolute Gasteiger partial charge is 0.0220 e. The van der Waals surface area contributed by atoms with Crippen LogP contribution in [0.1, 0.15) is 32.6 Å². The first-order valence-corrected chi connectivity index (χ1v) is 7.71. The summed E-state index contributed by atoms with van der Waals surface area (Å²) in [6.45, 7) is 7.23. The Kier molecular flexibility index (Phi) is 7.49. The van der Waals surface area contributed by atoms with Crippen LogP contribution in [-0.2, 0) is 0 Å². The van der Waals surface area contributed by atoms with Gasteiger partial charge in [-0.3, -0.25) is 4.90 Å². The molecule has 0 radical (unpaired) electrons. The molecule has 1 atom stereocenters. The minimum Gasteiger partial charge on any atom is -0.315 e. The highest BCUT2D eigenvalue weighted by atomic mass is 32.2. The zero-order valence-corrected chi connectivity index (χ0v) is 11.1. The molecule has 0 aliphatic carbocycles. The van der Waals surface area contributed by atoms with Gasteiger partial charge in [-0.25, -0.2) is 0 Å². The van der Waals surface area contributed by atoms with Gasteiger partial charge in [0.2, 0.25) is 0 Å². The third-order valence-corrected chi connectivity index (χ3v) is 3.93. The summed E-state index contributed by atoms with van der Waals surface area (Å²) >= 11 is 1.97. The molecule has 1 rings (SSSR count). The fraction of sp³-hybridized carbons (Fsp3) is 1.00. The van der Waals surface area contributed by atoms with Gasteiger partial charge in [-0.2, -0.15) is 11.8 Å². The SMILES string of the molecule is CCN(CCCCSC)C1CCCNC1. The Bertz CT molecular complexity index is 147. The zero-order chi connectivity index (χ0) is 10.9. The maximum Gasteiger partial charge on any atom is 0.0220 e. The Morgan fingerprint density at radius 1 is 1.40 bits per heavy atom. The van der Waals surface area contributed by atoms with Crippen molar-refractivity contribution >= 4 is 11.8 Å². The van der Waals surface area contributed by atoms with E-state index in [1.54, 1.807) is 0 Å². The van der Waals surface area contributed by atoms with Crippen LogP contribution in [-0.4, -0.2) is 49.1 Å². The van der Waals surface area contributed by atoms with Crippen LogP contribution in [0.15, 0.2) is 0 Å². The van der Waals surface area contributed by atoms with Crippen molar-refractivity contribution in [3.8, 4) is 0 Å². The maximum absolute atomic E-state index is 3.51. The van der Waals surface area contributed by atoms with E-state index in [2.05, 4.69) is 23.4 Å². The molecule has 1 fully saturated rings. The second-order valence-electron chi connectivity index (χ2n) is 4.33. The van der Waals surface area contributed by atoms with Crippen LogP contribution >= 0.6 is 11.8 Å². The van der Waals surface area contributed by atoms with Crippen LogP contribution < -0.4 is 5.32 Å². The fourth-order valence-electron chi connectivity index (χ4n) is 2.31. The Balaban J connectivity index is 2.15. The summed E-state index contributed by atoms with van der Waals surface area (Å²) in [4.78, 5) is 2.66. The molecule has 15 heavy (non-hydrogen) atoms. The molecular weight excluding hydrogens is 204 g/mol. The molecule has 0 spiro atoms. The summed E-state index contributed by atoms with van der Waals surface area (Å²) in [7, 11) is 0. The molecule has 1 unspecified atom stereocenters. The van der Waals surface area contributed by atoms with E-state index in [1.165, 1.54) is 57.6 Å². The van der Waals surface area contributed by atoms with Crippen molar-refractivity contribution in [2.24, 2.45) is 0 Å². The molecule has 0 aromatic heterocycles. The monoisotopic (exact) mass is 230 g/mol. The Hall–Kier alpha value is 0.270. The molecule has 0 saturated carbocycles. The van der Waals surface area contributed by atoms with E-state index in [0.717, 1.165) is 6.04 Å². The molecule has 1 saturated heterocycles. The lowest BCUT2D eigenvalue weighted by atomic mass is 10.1. The first-order valence-electron chi connectivity index (χ1n) is 6.32. The van der Waals surface area contributed by atoms with Gasteiger partial charge in [0.25, 0.3) is 0 Å². The fourth-order valence-corrected chi connectivity index (χ4v) is 2.80. The number of likely N-dealkylation sites (N-methyl/N-ethyl adjacent to an activating group) is 1. The van der Waals surface area contributed by atoms with Crippen molar-refractivity contribution in [2.75, 3.05) is 38.2 Å². The quantitative estimate of drug-likeness (QED) is 0.675. The van der Waals surface area contributed by atoms with Crippen molar-refractivity contribution < 1.29 is 0 Å². The van der Waals surface area contributed by atoms with Crippen molar-refractivity contribution in [3.05, 3.63) is 0 Å². The normalized spacial score (nSPS) is 22.2. The van der Waals surface area contributed by atoms with Gasteiger partial charge in [-0.1, -0.05) is 6.92 Å². The second kappa shape index (κ2) is 8.43. The minimum absolute atomic E-state index is 0.804. The average Bonchev–Trinajstić information content (AvgIpc) is 2.30. The number of nitrogens with zero attached hydrogens (tertiary/aromatic N) is 1. The second-order valence-corrected chi connectivity index (χ2v) is 5.31. The Labute approximate surface area is 99.2 Å². The van der Waals surface area contributed by atoms with Gasteiger partial charge in [0.05, 0.1) is 0 Å². The lowest BCUT2D eigenvalue weighted by Gasteiger charge is -2.33. The molecule has 1 N–H and O–H groups in total. The van der Waals surface area contributed by atoms with Crippen LogP contribution in [0.25, 0.3) is 0 Å². The highest BCUT2D eigenvalue weighted by Gasteiger charge is 2.18. The Morgan fingerprint density at radius 3 is 2.87 bits per heavy atom. The lowest BCUT2D eigenvalue weighted by Crippen LogP contribution is -2.46. The van der Waals surface area contributed by atoms with E-state index in [1.807, 2.05) is 11.8 Å². The van der Waals surface area contributed by atoms with Crippen LogP contribution in [0.4, 0.5) is 0 Å². The van der Waals surface area contributed by atoms with Crippen molar-refractivity contribution in [1.29, 1.82) is 0 Å². The van der Waals surface area contributed by atoms with E-state index < -0.39 is 0 Å². The van der Waals surface area contributed by atoms with Crippen LogP contribution in [0.2, 0.25) is 0 Å². The van der Waals surface area contributed by atoms with Crippen LogP contribution in [0.3, 0.4) is 0 Å². The van der Waals surface area contributed by atoms with Gasteiger partial charge in [0.1, 0.15) is 0 Å². The number of rotatable bonds is 7. The molecular formula is C12H26N2S. The van der Waals surface area contributed by atoms with Crippen LogP contribution in [0, 0.1) is 0 Å². The Morgan fingerprint density at radius 2 is 2.27 bits per heavy atom.